The first kappa shape index (κ1) is 14.1. The lowest BCUT2D eigenvalue weighted by molar-refractivity contribution is 0.588. The van der Waals surface area contributed by atoms with E-state index >= 15 is 0 Å². The first-order chi connectivity index (χ1) is 9.24. The molecule has 1 aromatic heterocycles. The zero-order valence-corrected chi connectivity index (χ0v) is 12.3. The molecular formula is C16H20N2S. The average Bonchev–Trinajstić information content (AvgIpc) is 2.44. The Balaban J connectivity index is 1.91. The molecule has 0 saturated heterocycles. The fourth-order valence-corrected chi connectivity index (χ4v) is 2.63. The molecule has 0 fully saturated rings. The Kier molecular flexibility index (Phi) is 5.43. The molecule has 2 aromatic rings. The molecule has 3 heteroatoms. The van der Waals surface area contributed by atoms with E-state index in [9.17, 15) is 0 Å². The highest BCUT2D eigenvalue weighted by Crippen LogP contribution is 2.23. The van der Waals surface area contributed by atoms with Crippen molar-refractivity contribution in [3.05, 3.63) is 59.9 Å². The molecule has 19 heavy (non-hydrogen) atoms. The summed E-state index contributed by atoms with van der Waals surface area (Å²) in [6.45, 7) is 5.26. The topological polar surface area (TPSA) is 24.9 Å². The maximum atomic E-state index is 4.14. The van der Waals surface area contributed by atoms with Crippen LogP contribution >= 0.6 is 11.8 Å². The van der Waals surface area contributed by atoms with Gasteiger partial charge in [0.25, 0.3) is 0 Å². The highest BCUT2D eigenvalue weighted by molar-refractivity contribution is 7.98. The van der Waals surface area contributed by atoms with Crippen molar-refractivity contribution in [3.8, 4) is 0 Å². The number of nitrogens with zero attached hydrogens (tertiary/aromatic N) is 1. The first-order valence-corrected chi connectivity index (χ1v) is 7.56. The Labute approximate surface area is 119 Å². The minimum absolute atomic E-state index is 0.520. The van der Waals surface area contributed by atoms with Crippen LogP contribution in [-0.4, -0.2) is 11.0 Å². The van der Waals surface area contributed by atoms with Crippen LogP contribution in [0.5, 0.6) is 0 Å². The van der Waals surface area contributed by atoms with Gasteiger partial charge in [0.2, 0.25) is 0 Å². The second kappa shape index (κ2) is 7.31. The van der Waals surface area contributed by atoms with Crippen molar-refractivity contribution in [3.63, 3.8) is 0 Å². The Hall–Kier alpha value is -1.32. The summed E-state index contributed by atoms with van der Waals surface area (Å²) in [5.74, 6) is 0.967. The van der Waals surface area contributed by atoms with Crippen molar-refractivity contribution in [2.75, 3.05) is 0 Å². The molecule has 2 nitrogen and oxygen atoms in total. The van der Waals surface area contributed by atoms with Crippen molar-refractivity contribution in [1.82, 2.24) is 10.3 Å². The fraction of sp³-hybridized carbons (Fsp3) is 0.312. The predicted octanol–water partition coefficient (Wildman–Crippen LogP) is 3.87. The van der Waals surface area contributed by atoms with E-state index in [1.165, 1.54) is 16.0 Å². The number of hydrogen-bond donors (Lipinski definition) is 1. The van der Waals surface area contributed by atoms with Gasteiger partial charge in [-0.05, 0) is 29.3 Å². The lowest BCUT2D eigenvalue weighted by Crippen LogP contribution is -2.21. The summed E-state index contributed by atoms with van der Waals surface area (Å²) in [6, 6.07) is 13.3. The Morgan fingerprint density at radius 3 is 2.74 bits per heavy atom. The standard InChI is InChI=1S/C16H20N2S/c1-13(2)18-11-14-5-3-7-16(9-14)19-12-15-6-4-8-17-10-15/h3-10,13,18H,11-12H2,1-2H3. The van der Waals surface area contributed by atoms with Crippen LogP contribution in [0.3, 0.4) is 0 Å². The summed E-state index contributed by atoms with van der Waals surface area (Å²) >= 11 is 1.85. The van der Waals surface area contributed by atoms with Gasteiger partial charge in [-0.2, -0.15) is 0 Å². The normalized spacial score (nSPS) is 10.9. The summed E-state index contributed by atoms with van der Waals surface area (Å²) in [7, 11) is 0. The molecule has 0 amide bonds. The fourth-order valence-electron chi connectivity index (χ4n) is 1.72. The molecule has 0 aliphatic heterocycles. The molecule has 1 aromatic carbocycles. The van der Waals surface area contributed by atoms with Gasteiger partial charge in [-0.3, -0.25) is 4.98 Å². The van der Waals surface area contributed by atoms with Crippen molar-refractivity contribution >= 4 is 11.8 Å². The molecule has 0 aliphatic carbocycles. The number of rotatable bonds is 6. The first-order valence-electron chi connectivity index (χ1n) is 6.58. The van der Waals surface area contributed by atoms with Crippen molar-refractivity contribution in [1.29, 1.82) is 0 Å². The van der Waals surface area contributed by atoms with Crippen molar-refractivity contribution in [2.24, 2.45) is 0 Å². The molecule has 100 valence electrons. The Morgan fingerprint density at radius 2 is 2.00 bits per heavy atom. The van der Waals surface area contributed by atoms with Gasteiger partial charge in [0.05, 0.1) is 0 Å². The minimum atomic E-state index is 0.520. The monoisotopic (exact) mass is 272 g/mol. The van der Waals surface area contributed by atoms with Gasteiger partial charge in [-0.15, -0.1) is 11.8 Å². The second-order valence-electron chi connectivity index (χ2n) is 4.83. The van der Waals surface area contributed by atoms with E-state index in [4.69, 9.17) is 0 Å². The molecule has 0 saturated carbocycles. The molecule has 0 aliphatic rings. The van der Waals surface area contributed by atoms with Crippen LogP contribution in [-0.2, 0) is 12.3 Å². The van der Waals surface area contributed by atoms with Crippen molar-refractivity contribution < 1.29 is 0 Å². The van der Waals surface area contributed by atoms with Gasteiger partial charge in [0.15, 0.2) is 0 Å². The third-order valence-corrected chi connectivity index (χ3v) is 3.81. The lowest BCUT2D eigenvalue weighted by Gasteiger charge is -2.09. The SMILES string of the molecule is CC(C)NCc1cccc(SCc2cccnc2)c1. The number of benzene rings is 1. The van der Waals surface area contributed by atoms with Crippen LogP contribution in [0.15, 0.2) is 53.7 Å². The van der Waals surface area contributed by atoms with Crippen molar-refractivity contribution in [2.45, 2.75) is 37.1 Å². The van der Waals surface area contributed by atoms with Crippen LogP contribution in [0.1, 0.15) is 25.0 Å². The molecule has 0 atom stereocenters. The number of pyridine rings is 1. The maximum absolute atomic E-state index is 4.14. The molecule has 1 N–H and O–H groups in total. The number of hydrogen-bond acceptors (Lipinski definition) is 3. The largest absolute Gasteiger partial charge is 0.310 e. The van der Waals surface area contributed by atoms with E-state index in [0.29, 0.717) is 6.04 Å². The molecule has 0 spiro atoms. The van der Waals surface area contributed by atoms with Crippen LogP contribution < -0.4 is 5.32 Å². The summed E-state index contributed by atoms with van der Waals surface area (Å²) < 4.78 is 0. The third-order valence-electron chi connectivity index (χ3n) is 2.74. The van der Waals surface area contributed by atoms with Crippen LogP contribution in [0.25, 0.3) is 0 Å². The van der Waals surface area contributed by atoms with E-state index in [0.717, 1.165) is 12.3 Å². The molecule has 1 heterocycles. The van der Waals surface area contributed by atoms with Crippen LogP contribution in [0.2, 0.25) is 0 Å². The summed E-state index contributed by atoms with van der Waals surface area (Å²) in [4.78, 5) is 5.45. The number of aromatic nitrogens is 1. The van der Waals surface area contributed by atoms with Gasteiger partial charge in [-0.1, -0.05) is 32.0 Å². The highest BCUT2D eigenvalue weighted by Gasteiger charge is 1.99. The molecule has 0 radical (unpaired) electrons. The second-order valence-corrected chi connectivity index (χ2v) is 5.88. The molecule has 2 rings (SSSR count). The number of thioether (sulfide) groups is 1. The smallest absolute Gasteiger partial charge is 0.0308 e. The van der Waals surface area contributed by atoms with Gasteiger partial charge in [-0.25, -0.2) is 0 Å². The maximum Gasteiger partial charge on any atom is 0.0308 e. The Bertz CT molecular complexity index is 497. The van der Waals surface area contributed by atoms with E-state index in [1.54, 1.807) is 0 Å². The average molecular weight is 272 g/mol. The summed E-state index contributed by atoms with van der Waals surface area (Å²) in [5, 5.41) is 3.44. The van der Waals surface area contributed by atoms with Gasteiger partial charge < -0.3 is 5.32 Å². The predicted molar refractivity (Wildman–Crippen MR) is 82.2 cm³/mol. The van der Waals surface area contributed by atoms with Gasteiger partial charge >= 0.3 is 0 Å². The third kappa shape index (κ3) is 5.05. The molecular weight excluding hydrogens is 252 g/mol. The Morgan fingerprint density at radius 1 is 1.16 bits per heavy atom. The van der Waals surface area contributed by atoms with E-state index in [-0.39, 0.29) is 0 Å². The van der Waals surface area contributed by atoms with Gasteiger partial charge in [0.1, 0.15) is 0 Å². The summed E-state index contributed by atoms with van der Waals surface area (Å²) in [6.07, 6.45) is 3.74. The van der Waals surface area contributed by atoms with Crippen LogP contribution in [0.4, 0.5) is 0 Å². The number of nitrogens with one attached hydrogen (secondary N) is 1. The molecule has 0 unspecified atom stereocenters. The minimum Gasteiger partial charge on any atom is -0.310 e. The quantitative estimate of drug-likeness (QED) is 0.808. The summed E-state index contributed by atoms with van der Waals surface area (Å²) in [5.41, 5.74) is 2.60. The zero-order valence-electron chi connectivity index (χ0n) is 11.5. The molecule has 0 bridgehead atoms. The van der Waals surface area contributed by atoms with E-state index < -0.39 is 0 Å². The van der Waals surface area contributed by atoms with Crippen LogP contribution in [0, 0.1) is 0 Å². The highest BCUT2D eigenvalue weighted by atomic mass is 32.2. The van der Waals surface area contributed by atoms with E-state index in [2.05, 4.69) is 54.5 Å². The van der Waals surface area contributed by atoms with Gasteiger partial charge in [0, 0.05) is 35.6 Å². The lowest BCUT2D eigenvalue weighted by atomic mass is 10.2. The van der Waals surface area contributed by atoms with E-state index in [1.807, 2.05) is 30.2 Å². The zero-order chi connectivity index (χ0) is 13.5.